The highest BCUT2D eigenvalue weighted by Crippen LogP contribution is 2.22. The molecule has 8 heteroatoms. The molecule has 0 spiro atoms. The van der Waals surface area contributed by atoms with Crippen LogP contribution in [0.1, 0.15) is 54.1 Å². The summed E-state index contributed by atoms with van der Waals surface area (Å²) in [7, 11) is 0. The molecule has 0 heterocycles. The van der Waals surface area contributed by atoms with Crippen molar-refractivity contribution in [2.24, 2.45) is 0 Å². The third-order valence-corrected chi connectivity index (χ3v) is 7.16. The molecule has 44 heavy (non-hydrogen) atoms. The van der Waals surface area contributed by atoms with Gasteiger partial charge in [-0.05, 0) is 60.9 Å². The van der Waals surface area contributed by atoms with Gasteiger partial charge in [-0.1, -0.05) is 74.0 Å². The molecule has 0 fully saturated rings. The van der Waals surface area contributed by atoms with E-state index in [0.29, 0.717) is 54.2 Å². The number of halogens is 1. The predicted molar refractivity (Wildman–Crippen MR) is 170 cm³/mol. The molecule has 4 rings (SSSR count). The molecule has 0 aromatic heterocycles. The Balaban J connectivity index is 1.34. The number of para-hydroxylation sites is 1. The van der Waals surface area contributed by atoms with Gasteiger partial charge in [0.15, 0.2) is 5.78 Å². The van der Waals surface area contributed by atoms with Crippen LogP contribution in [0.3, 0.4) is 0 Å². The Hall–Kier alpha value is -4.98. The number of nitrogens with one attached hydrogen (secondary N) is 1. The number of unbranched alkanes of at least 4 members (excludes halogenated alkanes) is 1. The first kappa shape index (κ1) is 31.9. The van der Waals surface area contributed by atoms with E-state index in [-0.39, 0.29) is 18.1 Å². The molecule has 1 atom stereocenters. The molecule has 4 aromatic carbocycles. The Morgan fingerprint density at radius 1 is 0.886 bits per heavy atom. The maximum absolute atomic E-state index is 13.8. The van der Waals surface area contributed by atoms with Gasteiger partial charge in [0, 0.05) is 41.9 Å². The van der Waals surface area contributed by atoms with Crippen LogP contribution in [0.25, 0.3) is 0 Å². The number of carboxylic acid groups (broad SMARTS) is 1. The number of nitrogens with zero attached hydrogens (tertiary/aromatic N) is 1. The first-order chi connectivity index (χ1) is 21.4. The van der Waals surface area contributed by atoms with Crippen LogP contribution < -0.4 is 15.0 Å². The van der Waals surface area contributed by atoms with E-state index in [4.69, 9.17) is 4.74 Å². The number of hydrogen-bond donors (Lipinski definition) is 2. The number of carboxylic acids is 1. The lowest BCUT2D eigenvalue weighted by Crippen LogP contribution is -2.32. The van der Waals surface area contributed by atoms with Gasteiger partial charge in [-0.25, -0.2) is 9.18 Å². The largest absolute Gasteiger partial charge is 0.494 e. The fourth-order valence-corrected chi connectivity index (χ4v) is 4.81. The SMILES string of the molecule is CCCCC(=O)N(CCCOc1ccc(C[C@H](Nc2ccccc2C(=O)c2ccccc2)C(=O)O)cc1)c1cccc(F)c1. The Morgan fingerprint density at radius 3 is 2.32 bits per heavy atom. The van der Waals surface area contributed by atoms with Gasteiger partial charge >= 0.3 is 5.97 Å². The van der Waals surface area contributed by atoms with Gasteiger partial charge in [0.25, 0.3) is 0 Å². The summed E-state index contributed by atoms with van der Waals surface area (Å²) in [5.41, 5.74) is 2.69. The van der Waals surface area contributed by atoms with Gasteiger partial charge in [-0.15, -0.1) is 0 Å². The molecule has 2 N–H and O–H groups in total. The summed E-state index contributed by atoms with van der Waals surface area (Å²) in [6.45, 7) is 2.76. The minimum Gasteiger partial charge on any atom is -0.494 e. The summed E-state index contributed by atoms with van der Waals surface area (Å²) >= 11 is 0. The van der Waals surface area contributed by atoms with Crippen LogP contribution in [0.5, 0.6) is 5.75 Å². The Morgan fingerprint density at radius 2 is 1.61 bits per heavy atom. The minimum absolute atomic E-state index is 0.0459. The standard InChI is InChI=1S/C36H37FN2O5/c1-2-3-17-34(40)39(29-14-9-13-28(37)25-29)22-10-23-44-30-20-18-26(19-21-30)24-33(36(42)43)38-32-16-8-7-15-31(32)35(41)27-11-5-4-6-12-27/h4-9,11-16,18-21,25,33,38H,2-3,10,17,22-24H2,1H3,(H,42,43)/t33-/m0/s1. The molecular weight excluding hydrogens is 559 g/mol. The van der Waals surface area contributed by atoms with Crippen molar-refractivity contribution in [1.82, 2.24) is 0 Å². The Bertz CT molecular complexity index is 1540. The number of ether oxygens (including phenoxy) is 1. The van der Waals surface area contributed by atoms with Crippen LogP contribution in [-0.2, 0) is 16.0 Å². The highest BCUT2D eigenvalue weighted by Gasteiger charge is 2.21. The van der Waals surface area contributed by atoms with Crippen LogP contribution >= 0.6 is 0 Å². The zero-order valence-corrected chi connectivity index (χ0v) is 24.7. The number of ketones is 1. The highest BCUT2D eigenvalue weighted by atomic mass is 19.1. The molecule has 0 saturated heterocycles. The van der Waals surface area contributed by atoms with Gasteiger partial charge in [0.05, 0.1) is 6.61 Å². The average molecular weight is 597 g/mol. The summed E-state index contributed by atoms with van der Waals surface area (Å²) < 4.78 is 19.7. The monoisotopic (exact) mass is 596 g/mol. The second-order valence-electron chi connectivity index (χ2n) is 10.5. The van der Waals surface area contributed by atoms with Crippen LogP contribution in [0.2, 0.25) is 0 Å². The predicted octanol–water partition coefficient (Wildman–Crippen LogP) is 7.16. The van der Waals surface area contributed by atoms with Gasteiger partial charge in [0.1, 0.15) is 17.6 Å². The van der Waals surface area contributed by atoms with Gasteiger partial charge in [-0.3, -0.25) is 9.59 Å². The lowest BCUT2D eigenvalue weighted by molar-refractivity contribution is -0.137. The van der Waals surface area contributed by atoms with E-state index in [0.717, 1.165) is 18.4 Å². The number of hydrogen-bond acceptors (Lipinski definition) is 5. The second kappa shape index (κ2) is 16.0. The van der Waals surface area contributed by atoms with Crippen LogP contribution in [0.15, 0.2) is 103 Å². The van der Waals surface area contributed by atoms with Crippen molar-refractivity contribution in [2.75, 3.05) is 23.4 Å². The minimum atomic E-state index is -1.04. The number of amides is 1. The Kier molecular flexibility index (Phi) is 11.6. The van der Waals surface area contributed by atoms with Crippen molar-refractivity contribution in [3.8, 4) is 5.75 Å². The lowest BCUT2D eigenvalue weighted by atomic mass is 10.00. The van der Waals surface area contributed by atoms with E-state index < -0.39 is 17.8 Å². The molecule has 0 bridgehead atoms. The maximum atomic E-state index is 13.8. The zero-order valence-electron chi connectivity index (χ0n) is 24.7. The Labute approximate surface area is 257 Å². The second-order valence-corrected chi connectivity index (χ2v) is 10.5. The molecule has 0 radical (unpaired) electrons. The third kappa shape index (κ3) is 9.01. The lowest BCUT2D eigenvalue weighted by Gasteiger charge is -2.23. The number of anilines is 2. The molecule has 7 nitrogen and oxygen atoms in total. The van der Waals surface area contributed by atoms with Crippen LogP contribution in [0.4, 0.5) is 15.8 Å². The average Bonchev–Trinajstić information content (AvgIpc) is 3.04. The number of benzene rings is 4. The third-order valence-electron chi connectivity index (χ3n) is 7.16. The van der Waals surface area contributed by atoms with Crippen LogP contribution in [0, 0.1) is 5.82 Å². The van der Waals surface area contributed by atoms with Crippen molar-refractivity contribution in [2.45, 2.75) is 45.1 Å². The molecule has 0 aliphatic carbocycles. The van der Waals surface area contributed by atoms with E-state index in [1.54, 1.807) is 89.8 Å². The number of aliphatic carboxylic acids is 1. The van der Waals surface area contributed by atoms with Gasteiger partial charge < -0.3 is 20.1 Å². The van der Waals surface area contributed by atoms with Crippen LogP contribution in [-0.4, -0.2) is 42.0 Å². The highest BCUT2D eigenvalue weighted by molar-refractivity contribution is 6.12. The van der Waals surface area contributed by atoms with Crippen molar-refractivity contribution < 1.29 is 28.6 Å². The molecular formula is C36H37FN2O5. The van der Waals surface area contributed by atoms with Crippen molar-refractivity contribution in [1.29, 1.82) is 0 Å². The normalized spacial score (nSPS) is 11.4. The molecule has 228 valence electrons. The molecule has 0 unspecified atom stereocenters. The molecule has 4 aromatic rings. The summed E-state index contributed by atoms with van der Waals surface area (Å²) in [6.07, 6.45) is 2.79. The molecule has 0 aliphatic rings. The van der Waals surface area contributed by atoms with Gasteiger partial charge in [0.2, 0.25) is 5.91 Å². The zero-order chi connectivity index (χ0) is 31.3. The number of carbonyl (C=O) groups is 3. The maximum Gasteiger partial charge on any atom is 0.326 e. The van der Waals surface area contributed by atoms with E-state index in [1.807, 2.05) is 13.0 Å². The number of rotatable bonds is 16. The quantitative estimate of drug-likeness (QED) is 0.105. The fraction of sp³-hybridized carbons (Fsp3) is 0.250. The van der Waals surface area contributed by atoms with E-state index >= 15 is 0 Å². The topological polar surface area (TPSA) is 95.9 Å². The summed E-state index contributed by atoms with van der Waals surface area (Å²) in [5.74, 6) is -1.05. The van der Waals surface area contributed by atoms with Crippen molar-refractivity contribution >= 4 is 29.0 Å². The number of carbonyl (C=O) groups excluding carboxylic acids is 2. The van der Waals surface area contributed by atoms with Gasteiger partial charge in [-0.2, -0.15) is 0 Å². The molecule has 0 aliphatic heterocycles. The fourth-order valence-electron chi connectivity index (χ4n) is 4.81. The molecule has 1 amide bonds. The van der Waals surface area contributed by atoms with E-state index in [1.165, 1.54) is 12.1 Å². The summed E-state index contributed by atoms with van der Waals surface area (Å²) in [5, 5.41) is 13.0. The summed E-state index contributed by atoms with van der Waals surface area (Å²) in [6, 6.07) is 28.0. The first-order valence-corrected chi connectivity index (χ1v) is 14.8. The van der Waals surface area contributed by atoms with Crippen molar-refractivity contribution in [3.63, 3.8) is 0 Å². The first-order valence-electron chi connectivity index (χ1n) is 14.8. The summed E-state index contributed by atoms with van der Waals surface area (Å²) in [4.78, 5) is 39.6. The van der Waals surface area contributed by atoms with E-state index in [9.17, 15) is 23.9 Å². The van der Waals surface area contributed by atoms with Crippen molar-refractivity contribution in [3.05, 3.63) is 126 Å². The smallest absolute Gasteiger partial charge is 0.326 e. The van der Waals surface area contributed by atoms with E-state index in [2.05, 4.69) is 5.32 Å². The molecule has 0 saturated carbocycles.